The van der Waals surface area contributed by atoms with Crippen LogP contribution in [0, 0.1) is 0 Å². The first-order valence-electron chi connectivity index (χ1n) is 10.8. The van der Waals surface area contributed by atoms with Gasteiger partial charge in [0.25, 0.3) is 11.7 Å². The Bertz CT molecular complexity index is 1110. The number of methoxy groups -OCH3 is 2. The van der Waals surface area contributed by atoms with Crippen LogP contribution in [0.1, 0.15) is 24.1 Å². The van der Waals surface area contributed by atoms with Gasteiger partial charge in [0.15, 0.2) is 0 Å². The van der Waals surface area contributed by atoms with Crippen molar-refractivity contribution in [2.45, 2.75) is 13.0 Å². The molecule has 0 saturated carbocycles. The summed E-state index contributed by atoms with van der Waals surface area (Å²) in [6.07, 6.45) is 0. The normalized spacial score (nSPS) is 17.4. The topological polar surface area (TPSA) is 88.5 Å². The molecule has 0 aromatic heterocycles. The Morgan fingerprint density at radius 2 is 1.82 bits per heavy atom. The summed E-state index contributed by atoms with van der Waals surface area (Å²) in [5.41, 5.74) is 0.797. The number of aliphatic hydroxyl groups excluding tert-OH is 1. The zero-order valence-corrected chi connectivity index (χ0v) is 20.7. The molecule has 1 fully saturated rings. The molecule has 1 unspecified atom stereocenters. The molecule has 1 saturated heterocycles. The van der Waals surface area contributed by atoms with Crippen molar-refractivity contribution in [3.8, 4) is 17.2 Å². The van der Waals surface area contributed by atoms with Crippen LogP contribution in [-0.4, -0.2) is 74.6 Å². The maximum atomic E-state index is 13.2. The van der Waals surface area contributed by atoms with E-state index in [1.54, 1.807) is 24.3 Å². The number of halogens is 1. The largest absolute Gasteiger partial charge is 0.507 e. The van der Waals surface area contributed by atoms with E-state index in [9.17, 15) is 14.7 Å². The number of amides is 1. The van der Waals surface area contributed by atoms with Gasteiger partial charge in [-0.1, -0.05) is 23.7 Å². The lowest BCUT2D eigenvalue weighted by atomic mass is 9.94. The second-order valence-electron chi connectivity index (χ2n) is 7.99. The molecule has 1 atom stereocenters. The smallest absolute Gasteiger partial charge is 0.295 e. The molecule has 9 heteroatoms. The standard InChI is InChI=1S/C25H29ClN2O6/c1-6-34-16-9-7-8-15(12-16)22-21(24(30)25(31)28(22)11-10-27(2)3)23(29)17-13-20(33-5)18(26)14-19(17)32-4/h7-9,12-14,22,29H,6,10-11H2,1-5H3/b23-21+. The molecule has 1 aliphatic rings. The molecule has 1 heterocycles. The Morgan fingerprint density at radius 1 is 1.12 bits per heavy atom. The van der Waals surface area contributed by atoms with Gasteiger partial charge in [0.1, 0.15) is 23.0 Å². The number of ketones is 1. The molecule has 0 spiro atoms. The third-order valence-corrected chi connectivity index (χ3v) is 5.84. The van der Waals surface area contributed by atoms with Gasteiger partial charge in [0, 0.05) is 19.2 Å². The highest BCUT2D eigenvalue weighted by molar-refractivity contribution is 6.46. The Labute approximate surface area is 204 Å². The first-order valence-corrected chi connectivity index (χ1v) is 11.2. The lowest BCUT2D eigenvalue weighted by Crippen LogP contribution is -2.35. The quantitative estimate of drug-likeness (QED) is 0.327. The number of aliphatic hydroxyl groups is 1. The number of hydrogen-bond acceptors (Lipinski definition) is 7. The van der Waals surface area contributed by atoms with Crippen LogP contribution in [-0.2, 0) is 9.59 Å². The molecule has 0 radical (unpaired) electrons. The summed E-state index contributed by atoms with van der Waals surface area (Å²) in [4.78, 5) is 29.7. The summed E-state index contributed by atoms with van der Waals surface area (Å²) < 4.78 is 16.3. The Morgan fingerprint density at radius 3 is 2.44 bits per heavy atom. The fourth-order valence-corrected chi connectivity index (χ4v) is 4.13. The summed E-state index contributed by atoms with van der Waals surface area (Å²) >= 11 is 6.21. The molecule has 1 amide bonds. The van der Waals surface area contributed by atoms with E-state index in [-0.39, 0.29) is 27.7 Å². The molecule has 8 nitrogen and oxygen atoms in total. The van der Waals surface area contributed by atoms with Crippen molar-refractivity contribution in [3.05, 3.63) is 58.1 Å². The minimum atomic E-state index is -0.813. The Balaban J connectivity index is 2.24. The number of rotatable bonds is 9. The van der Waals surface area contributed by atoms with E-state index >= 15 is 0 Å². The van der Waals surface area contributed by atoms with Crippen molar-refractivity contribution in [1.82, 2.24) is 9.80 Å². The van der Waals surface area contributed by atoms with E-state index in [1.807, 2.05) is 25.9 Å². The highest BCUT2D eigenvalue weighted by atomic mass is 35.5. The predicted octanol–water partition coefficient (Wildman–Crippen LogP) is 3.74. The fourth-order valence-electron chi connectivity index (χ4n) is 3.90. The number of ether oxygens (including phenoxy) is 3. The number of likely N-dealkylation sites (N-methyl/N-ethyl adjacent to an activating group) is 1. The maximum absolute atomic E-state index is 13.2. The van der Waals surface area contributed by atoms with Gasteiger partial charge in [0.05, 0.1) is 43.0 Å². The highest BCUT2D eigenvalue weighted by Gasteiger charge is 2.46. The minimum Gasteiger partial charge on any atom is -0.507 e. The average Bonchev–Trinajstić information content (AvgIpc) is 3.07. The van der Waals surface area contributed by atoms with Crippen molar-refractivity contribution < 1.29 is 28.9 Å². The van der Waals surface area contributed by atoms with Gasteiger partial charge in [-0.2, -0.15) is 0 Å². The molecule has 1 N–H and O–H groups in total. The van der Waals surface area contributed by atoms with Crippen molar-refractivity contribution in [2.75, 3.05) is 48.0 Å². The maximum Gasteiger partial charge on any atom is 0.295 e. The summed E-state index contributed by atoms with van der Waals surface area (Å²) in [7, 11) is 6.63. The van der Waals surface area contributed by atoms with E-state index in [4.69, 9.17) is 25.8 Å². The number of likely N-dealkylation sites (tertiary alicyclic amines) is 1. The molecule has 1 aliphatic heterocycles. The zero-order valence-electron chi connectivity index (χ0n) is 19.9. The van der Waals surface area contributed by atoms with Crippen LogP contribution in [0.3, 0.4) is 0 Å². The van der Waals surface area contributed by atoms with Crippen molar-refractivity contribution >= 4 is 29.1 Å². The molecular formula is C25H29ClN2O6. The molecule has 2 aromatic carbocycles. The van der Waals surface area contributed by atoms with E-state index in [2.05, 4.69) is 0 Å². The number of hydrogen-bond donors (Lipinski definition) is 1. The fraction of sp³-hybridized carbons (Fsp3) is 0.360. The first-order chi connectivity index (χ1) is 16.2. The molecule has 34 heavy (non-hydrogen) atoms. The first kappa shape index (κ1) is 25.4. The van der Waals surface area contributed by atoms with Crippen molar-refractivity contribution in [2.24, 2.45) is 0 Å². The minimum absolute atomic E-state index is 0.0416. The number of Topliss-reactive ketones (excluding diaryl/α,β-unsaturated/α-hetero) is 1. The summed E-state index contributed by atoms with van der Waals surface area (Å²) in [6, 6.07) is 9.32. The van der Waals surface area contributed by atoms with Gasteiger partial charge >= 0.3 is 0 Å². The third-order valence-electron chi connectivity index (χ3n) is 5.54. The van der Waals surface area contributed by atoms with E-state index in [1.165, 1.54) is 31.3 Å². The van der Waals surface area contributed by atoms with Crippen molar-refractivity contribution in [3.63, 3.8) is 0 Å². The van der Waals surface area contributed by atoms with E-state index < -0.39 is 17.7 Å². The molecule has 3 rings (SSSR count). The van der Waals surface area contributed by atoms with E-state index in [0.29, 0.717) is 36.8 Å². The van der Waals surface area contributed by atoms with Crippen LogP contribution in [0.4, 0.5) is 0 Å². The predicted molar refractivity (Wildman–Crippen MR) is 130 cm³/mol. The molecule has 0 bridgehead atoms. The summed E-state index contributed by atoms with van der Waals surface area (Å²) in [5.74, 6) is -0.701. The van der Waals surface area contributed by atoms with Gasteiger partial charge in [-0.15, -0.1) is 0 Å². The Hall–Kier alpha value is -3.23. The van der Waals surface area contributed by atoms with E-state index in [0.717, 1.165) is 0 Å². The van der Waals surface area contributed by atoms with Gasteiger partial charge in [0.2, 0.25) is 0 Å². The summed E-state index contributed by atoms with van der Waals surface area (Å²) in [6.45, 7) is 3.16. The van der Waals surface area contributed by atoms with Crippen LogP contribution in [0.25, 0.3) is 5.76 Å². The van der Waals surface area contributed by atoms with Crippen LogP contribution >= 0.6 is 11.6 Å². The molecule has 182 valence electrons. The second kappa shape index (κ2) is 10.8. The van der Waals surface area contributed by atoms with Crippen LogP contribution in [0.5, 0.6) is 17.2 Å². The van der Waals surface area contributed by atoms with Crippen LogP contribution in [0.2, 0.25) is 5.02 Å². The molecular weight excluding hydrogens is 460 g/mol. The van der Waals surface area contributed by atoms with Crippen LogP contribution < -0.4 is 14.2 Å². The number of benzene rings is 2. The third kappa shape index (κ3) is 4.98. The lowest BCUT2D eigenvalue weighted by Gasteiger charge is -2.27. The highest BCUT2D eigenvalue weighted by Crippen LogP contribution is 2.43. The number of nitrogens with zero attached hydrogens (tertiary/aromatic N) is 2. The van der Waals surface area contributed by atoms with Gasteiger partial charge in [-0.05, 0) is 44.8 Å². The number of carbonyl (C=O) groups excluding carboxylic acids is 2. The van der Waals surface area contributed by atoms with Gasteiger partial charge in [-0.3, -0.25) is 9.59 Å². The van der Waals surface area contributed by atoms with Gasteiger partial charge in [-0.25, -0.2) is 0 Å². The van der Waals surface area contributed by atoms with Gasteiger partial charge < -0.3 is 29.1 Å². The second-order valence-corrected chi connectivity index (χ2v) is 8.40. The molecule has 2 aromatic rings. The number of carbonyl (C=O) groups is 2. The van der Waals surface area contributed by atoms with Crippen LogP contribution in [0.15, 0.2) is 42.0 Å². The summed E-state index contributed by atoms with van der Waals surface area (Å²) in [5, 5.41) is 11.7. The molecule has 0 aliphatic carbocycles. The monoisotopic (exact) mass is 488 g/mol. The Kier molecular flexibility index (Phi) is 8.06. The van der Waals surface area contributed by atoms with Crippen molar-refractivity contribution in [1.29, 1.82) is 0 Å². The average molecular weight is 489 g/mol. The SMILES string of the molecule is CCOc1cccc(C2/C(=C(\O)c3cc(OC)c(Cl)cc3OC)C(=O)C(=O)N2CCN(C)C)c1. The lowest BCUT2D eigenvalue weighted by molar-refractivity contribution is -0.140. The zero-order chi connectivity index (χ0) is 25.0.